The Kier molecular flexibility index (Phi) is 4.39. The van der Waals surface area contributed by atoms with E-state index in [9.17, 15) is 4.79 Å². The second-order valence-electron chi connectivity index (χ2n) is 5.95. The van der Waals surface area contributed by atoms with Crippen LogP contribution in [-0.2, 0) is 4.74 Å². The Morgan fingerprint density at radius 3 is 3.00 bits per heavy atom. The Morgan fingerprint density at radius 1 is 1.33 bits per heavy atom. The van der Waals surface area contributed by atoms with Crippen molar-refractivity contribution in [1.82, 2.24) is 0 Å². The number of rotatable bonds is 5. The fourth-order valence-corrected chi connectivity index (χ4v) is 3.15. The van der Waals surface area contributed by atoms with E-state index >= 15 is 0 Å². The molecule has 0 radical (unpaired) electrons. The molecule has 1 saturated carbocycles. The number of carbonyl (C=O) groups is 1. The van der Waals surface area contributed by atoms with Gasteiger partial charge in [0.2, 0.25) is 5.78 Å². The topological polar surface area (TPSA) is 39.4 Å². The van der Waals surface area contributed by atoms with Gasteiger partial charge in [-0.2, -0.15) is 0 Å². The highest BCUT2D eigenvalue weighted by Gasteiger charge is 2.22. The van der Waals surface area contributed by atoms with Gasteiger partial charge in [-0.15, -0.1) is 0 Å². The van der Waals surface area contributed by atoms with E-state index in [-0.39, 0.29) is 18.5 Å². The Bertz CT molecular complexity index is 581. The fraction of sp³-hybridized carbons (Fsp3) is 0.500. The molecule has 2 atom stereocenters. The molecule has 1 heterocycles. The van der Waals surface area contributed by atoms with Crippen molar-refractivity contribution in [2.45, 2.75) is 45.1 Å². The first-order valence-electron chi connectivity index (χ1n) is 7.89. The third kappa shape index (κ3) is 3.35. The van der Waals surface area contributed by atoms with Gasteiger partial charge in [-0.05, 0) is 30.9 Å². The Morgan fingerprint density at radius 2 is 2.19 bits per heavy atom. The maximum Gasteiger partial charge on any atom is 0.223 e. The van der Waals surface area contributed by atoms with Crippen LogP contribution in [0.1, 0.15) is 49.6 Å². The van der Waals surface area contributed by atoms with E-state index in [2.05, 4.69) is 6.92 Å². The zero-order valence-electron chi connectivity index (χ0n) is 12.5. The predicted octanol–water partition coefficient (Wildman–Crippen LogP) is 4.60. The highest BCUT2D eigenvalue weighted by Crippen LogP contribution is 2.28. The van der Waals surface area contributed by atoms with Gasteiger partial charge in [0.15, 0.2) is 5.76 Å². The first-order chi connectivity index (χ1) is 10.3. The van der Waals surface area contributed by atoms with Gasteiger partial charge in [-0.1, -0.05) is 44.4 Å². The van der Waals surface area contributed by atoms with Gasteiger partial charge in [0.1, 0.15) is 12.2 Å². The number of benzene rings is 1. The lowest BCUT2D eigenvalue weighted by atomic mass is 9.85. The molecule has 3 heteroatoms. The second kappa shape index (κ2) is 6.44. The SMILES string of the molecule is CCC1CCCC(OCC(=O)c2cc3ccccc3o2)C1. The van der Waals surface area contributed by atoms with Crippen molar-refractivity contribution in [1.29, 1.82) is 0 Å². The lowest BCUT2D eigenvalue weighted by Gasteiger charge is -2.28. The monoisotopic (exact) mass is 286 g/mol. The summed E-state index contributed by atoms with van der Waals surface area (Å²) in [7, 11) is 0. The maximum atomic E-state index is 12.2. The van der Waals surface area contributed by atoms with Crippen molar-refractivity contribution in [3.63, 3.8) is 0 Å². The van der Waals surface area contributed by atoms with Gasteiger partial charge >= 0.3 is 0 Å². The minimum atomic E-state index is -0.0650. The number of fused-ring (bicyclic) bond motifs is 1. The molecule has 21 heavy (non-hydrogen) atoms. The van der Waals surface area contributed by atoms with E-state index in [1.807, 2.05) is 24.3 Å². The average molecular weight is 286 g/mol. The molecule has 0 N–H and O–H groups in total. The molecule has 2 unspecified atom stereocenters. The van der Waals surface area contributed by atoms with Crippen molar-refractivity contribution in [3.8, 4) is 0 Å². The van der Waals surface area contributed by atoms with E-state index in [0.29, 0.717) is 5.76 Å². The minimum absolute atomic E-state index is 0.0650. The third-order valence-electron chi connectivity index (χ3n) is 4.46. The van der Waals surface area contributed by atoms with E-state index in [1.165, 1.54) is 19.3 Å². The van der Waals surface area contributed by atoms with Gasteiger partial charge in [-0.3, -0.25) is 4.79 Å². The van der Waals surface area contributed by atoms with Crippen molar-refractivity contribution < 1.29 is 13.9 Å². The summed E-state index contributed by atoms with van der Waals surface area (Å²) in [6.45, 7) is 2.35. The molecule has 3 nitrogen and oxygen atoms in total. The number of hydrogen-bond acceptors (Lipinski definition) is 3. The molecule has 112 valence electrons. The largest absolute Gasteiger partial charge is 0.453 e. The molecule has 1 aliphatic rings. The summed E-state index contributed by atoms with van der Waals surface area (Å²) in [6, 6.07) is 9.47. The summed E-state index contributed by atoms with van der Waals surface area (Å²) >= 11 is 0. The molecular formula is C18H22O3. The van der Waals surface area contributed by atoms with Gasteiger partial charge in [0.25, 0.3) is 0 Å². The molecule has 2 aromatic rings. The Balaban J connectivity index is 1.58. The maximum absolute atomic E-state index is 12.2. The van der Waals surface area contributed by atoms with E-state index in [0.717, 1.165) is 29.7 Å². The summed E-state index contributed by atoms with van der Waals surface area (Å²) in [6.07, 6.45) is 6.11. The van der Waals surface area contributed by atoms with Gasteiger partial charge in [-0.25, -0.2) is 0 Å². The van der Waals surface area contributed by atoms with Crippen LogP contribution in [0.15, 0.2) is 34.7 Å². The van der Waals surface area contributed by atoms with Crippen LogP contribution in [0.3, 0.4) is 0 Å². The molecule has 0 saturated heterocycles. The number of para-hydroxylation sites is 1. The summed E-state index contributed by atoms with van der Waals surface area (Å²) in [5.41, 5.74) is 0.754. The van der Waals surface area contributed by atoms with Gasteiger partial charge in [0, 0.05) is 5.39 Å². The molecule has 1 aromatic heterocycles. The van der Waals surface area contributed by atoms with Crippen LogP contribution in [0.4, 0.5) is 0 Å². The number of furan rings is 1. The fourth-order valence-electron chi connectivity index (χ4n) is 3.15. The number of carbonyl (C=O) groups excluding carboxylic acids is 1. The third-order valence-corrected chi connectivity index (χ3v) is 4.46. The lowest BCUT2D eigenvalue weighted by molar-refractivity contribution is 0.0146. The van der Waals surface area contributed by atoms with Crippen molar-refractivity contribution in [2.24, 2.45) is 5.92 Å². The number of Topliss-reactive ketones (excluding diaryl/α,β-unsaturated/α-hetero) is 1. The van der Waals surface area contributed by atoms with Crippen LogP contribution >= 0.6 is 0 Å². The van der Waals surface area contributed by atoms with Crippen LogP contribution in [-0.4, -0.2) is 18.5 Å². The van der Waals surface area contributed by atoms with Crippen LogP contribution in [0.2, 0.25) is 0 Å². The highest BCUT2D eigenvalue weighted by atomic mass is 16.5. The quantitative estimate of drug-likeness (QED) is 0.754. The summed E-state index contributed by atoms with van der Waals surface area (Å²) in [5, 5.41) is 0.963. The molecule has 3 rings (SSSR count). The standard InChI is InChI=1S/C18H22O3/c1-2-13-6-5-8-15(10-13)20-12-16(19)18-11-14-7-3-4-9-17(14)21-18/h3-4,7,9,11,13,15H,2,5-6,8,10,12H2,1H3. The molecule has 0 spiro atoms. The average Bonchev–Trinajstić information content (AvgIpc) is 2.97. The molecule has 1 aromatic carbocycles. The normalized spacial score (nSPS) is 22.5. The molecular weight excluding hydrogens is 264 g/mol. The number of hydrogen-bond donors (Lipinski definition) is 0. The van der Waals surface area contributed by atoms with E-state index < -0.39 is 0 Å². The molecule has 0 aliphatic heterocycles. The molecule has 1 aliphatic carbocycles. The summed E-state index contributed by atoms with van der Waals surface area (Å²) < 4.78 is 11.4. The first-order valence-corrected chi connectivity index (χ1v) is 7.89. The molecule has 1 fully saturated rings. The van der Waals surface area contributed by atoms with Crippen LogP contribution in [0.5, 0.6) is 0 Å². The van der Waals surface area contributed by atoms with Crippen molar-refractivity contribution in [2.75, 3.05) is 6.61 Å². The van der Waals surface area contributed by atoms with Crippen LogP contribution in [0.25, 0.3) is 11.0 Å². The van der Waals surface area contributed by atoms with E-state index in [4.69, 9.17) is 9.15 Å². The highest BCUT2D eigenvalue weighted by molar-refractivity contribution is 5.98. The Hall–Kier alpha value is -1.61. The second-order valence-corrected chi connectivity index (χ2v) is 5.95. The van der Waals surface area contributed by atoms with Gasteiger partial charge in [0.05, 0.1) is 6.10 Å². The van der Waals surface area contributed by atoms with Gasteiger partial charge < -0.3 is 9.15 Å². The zero-order valence-corrected chi connectivity index (χ0v) is 12.5. The van der Waals surface area contributed by atoms with E-state index in [1.54, 1.807) is 6.07 Å². The lowest BCUT2D eigenvalue weighted by Crippen LogP contribution is -2.25. The Labute approximate surface area is 125 Å². The summed E-state index contributed by atoms with van der Waals surface area (Å²) in [4.78, 5) is 12.2. The van der Waals surface area contributed by atoms with Crippen LogP contribution in [0, 0.1) is 5.92 Å². The smallest absolute Gasteiger partial charge is 0.223 e. The molecule has 0 bridgehead atoms. The first kappa shape index (κ1) is 14.3. The zero-order chi connectivity index (χ0) is 14.7. The van der Waals surface area contributed by atoms with Crippen molar-refractivity contribution in [3.05, 3.63) is 36.1 Å². The van der Waals surface area contributed by atoms with Crippen LogP contribution < -0.4 is 0 Å². The number of ketones is 1. The summed E-state index contributed by atoms with van der Waals surface area (Å²) in [5.74, 6) is 1.09. The minimum Gasteiger partial charge on any atom is -0.453 e. The predicted molar refractivity (Wildman–Crippen MR) is 82.5 cm³/mol. The van der Waals surface area contributed by atoms with Crippen molar-refractivity contribution >= 4 is 16.8 Å². The number of ether oxygens (including phenoxy) is 1. The molecule has 0 amide bonds.